The number of nitrogens with zero attached hydrogens (tertiary/aromatic N) is 1. The maximum atomic E-state index is 10.8. The quantitative estimate of drug-likeness (QED) is 0.829. The molecule has 0 amide bonds. The Morgan fingerprint density at radius 2 is 2.20 bits per heavy atom. The van der Waals surface area contributed by atoms with Gasteiger partial charge in [-0.25, -0.2) is 9.78 Å². The SMILES string of the molecule is O=C(O)c1nc2c(s1)CCc1sccc1-2. The van der Waals surface area contributed by atoms with Gasteiger partial charge in [0, 0.05) is 15.3 Å². The summed E-state index contributed by atoms with van der Waals surface area (Å²) >= 11 is 3.03. The molecule has 1 N–H and O–H groups in total. The predicted molar refractivity (Wildman–Crippen MR) is 59.8 cm³/mol. The highest BCUT2D eigenvalue weighted by molar-refractivity contribution is 7.14. The minimum atomic E-state index is -0.925. The molecular weight excluding hydrogens is 230 g/mol. The van der Waals surface area contributed by atoms with Crippen LogP contribution in [0.2, 0.25) is 0 Å². The molecule has 15 heavy (non-hydrogen) atoms. The summed E-state index contributed by atoms with van der Waals surface area (Å²) in [7, 11) is 0. The Morgan fingerprint density at radius 3 is 3.00 bits per heavy atom. The third-order valence-electron chi connectivity index (χ3n) is 2.46. The fourth-order valence-electron chi connectivity index (χ4n) is 1.80. The van der Waals surface area contributed by atoms with Crippen LogP contribution < -0.4 is 0 Å². The maximum absolute atomic E-state index is 10.8. The van der Waals surface area contributed by atoms with Crippen LogP contribution in [0.5, 0.6) is 0 Å². The van der Waals surface area contributed by atoms with E-state index in [0.717, 1.165) is 29.0 Å². The lowest BCUT2D eigenvalue weighted by atomic mass is 10.0. The normalized spacial score (nSPS) is 13.3. The molecule has 2 heterocycles. The number of carboxylic acid groups (broad SMARTS) is 1. The minimum Gasteiger partial charge on any atom is -0.476 e. The standard InChI is InChI=1S/C10H7NO2S2/c12-10(13)9-11-8-5-3-4-14-6(5)1-2-7(8)15-9/h3-4H,1-2H2,(H,12,13). The van der Waals surface area contributed by atoms with Gasteiger partial charge in [0.15, 0.2) is 0 Å². The molecule has 0 aliphatic heterocycles. The Bertz CT molecular complexity index is 541. The molecule has 1 aliphatic rings. The van der Waals surface area contributed by atoms with Crippen molar-refractivity contribution in [2.75, 3.05) is 0 Å². The highest BCUT2D eigenvalue weighted by Crippen LogP contribution is 2.38. The Hall–Kier alpha value is -1.20. The van der Waals surface area contributed by atoms with Gasteiger partial charge in [-0.1, -0.05) is 0 Å². The van der Waals surface area contributed by atoms with E-state index in [4.69, 9.17) is 5.11 Å². The first kappa shape index (κ1) is 9.06. The van der Waals surface area contributed by atoms with Crippen molar-refractivity contribution in [3.8, 4) is 11.3 Å². The van der Waals surface area contributed by atoms with E-state index in [1.165, 1.54) is 16.2 Å². The van der Waals surface area contributed by atoms with Crippen molar-refractivity contribution in [1.29, 1.82) is 0 Å². The number of hydrogen-bond donors (Lipinski definition) is 1. The fourth-order valence-corrected chi connectivity index (χ4v) is 3.59. The van der Waals surface area contributed by atoms with E-state index in [9.17, 15) is 4.79 Å². The zero-order valence-corrected chi connectivity index (χ0v) is 9.32. The summed E-state index contributed by atoms with van der Waals surface area (Å²) in [4.78, 5) is 17.4. The molecule has 0 aromatic carbocycles. The number of carbonyl (C=O) groups is 1. The highest BCUT2D eigenvalue weighted by Gasteiger charge is 2.23. The fraction of sp³-hybridized carbons (Fsp3) is 0.200. The molecule has 2 aromatic heterocycles. The van der Waals surface area contributed by atoms with Crippen LogP contribution in [0.4, 0.5) is 0 Å². The third kappa shape index (κ3) is 1.31. The first-order valence-corrected chi connectivity index (χ1v) is 6.25. The van der Waals surface area contributed by atoms with Crippen LogP contribution >= 0.6 is 22.7 Å². The number of aryl methyl sites for hydroxylation is 2. The number of hydrogen-bond acceptors (Lipinski definition) is 4. The number of aromatic carboxylic acids is 1. The number of thiophene rings is 1. The van der Waals surface area contributed by atoms with Gasteiger partial charge in [-0.15, -0.1) is 22.7 Å². The van der Waals surface area contributed by atoms with Crippen LogP contribution in [-0.4, -0.2) is 16.1 Å². The molecule has 0 bridgehead atoms. The van der Waals surface area contributed by atoms with Crippen LogP contribution in [-0.2, 0) is 12.8 Å². The van der Waals surface area contributed by atoms with Gasteiger partial charge in [-0.05, 0) is 24.3 Å². The monoisotopic (exact) mass is 237 g/mol. The van der Waals surface area contributed by atoms with Crippen molar-refractivity contribution in [2.24, 2.45) is 0 Å². The van der Waals surface area contributed by atoms with Gasteiger partial charge >= 0.3 is 5.97 Å². The average Bonchev–Trinajstić information content (AvgIpc) is 2.82. The lowest BCUT2D eigenvalue weighted by molar-refractivity contribution is 0.0696. The van der Waals surface area contributed by atoms with Gasteiger partial charge in [0.2, 0.25) is 5.01 Å². The number of fused-ring (bicyclic) bond motifs is 3. The second-order valence-electron chi connectivity index (χ2n) is 3.35. The van der Waals surface area contributed by atoms with Gasteiger partial charge in [0.25, 0.3) is 0 Å². The van der Waals surface area contributed by atoms with Crippen molar-refractivity contribution in [3.05, 3.63) is 26.2 Å². The van der Waals surface area contributed by atoms with Crippen molar-refractivity contribution in [1.82, 2.24) is 4.98 Å². The van der Waals surface area contributed by atoms with Gasteiger partial charge in [-0.3, -0.25) is 0 Å². The van der Waals surface area contributed by atoms with Gasteiger partial charge in [-0.2, -0.15) is 0 Å². The van der Waals surface area contributed by atoms with Crippen molar-refractivity contribution in [3.63, 3.8) is 0 Å². The molecule has 2 aromatic rings. The zero-order valence-electron chi connectivity index (χ0n) is 7.69. The van der Waals surface area contributed by atoms with E-state index >= 15 is 0 Å². The molecule has 5 heteroatoms. The predicted octanol–water partition coefficient (Wildman–Crippen LogP) is 2.67. The van der Waals surface area contributed by atoms with Crippen LogP contribution in [0.3, 0.4) is 0 Å². The Balaban J connectivity index is 2.20. The van der Waals surface area contributed by atoms with E-state index in [2.05, 4.69) is 4.98 Å². The lowest BCUT2D eigenvalue weighted by Crippen LogP contribution is -1.98. The molecule has 0 radical (unpaired) electrons. The minimum absolute atomic E-state index is 0.207. The molecule has 3 nitrogen and oxygen atoms in total. The van der Waals surface area contributed by atoms with Crippen molar-refractivity contribution in [2.45, 2.75) is 12.8 Å². The van der Waals surface area contributed by atoms with E-state index in [1.807, 2.05) is 11.4 Å². The largest absolute Gasteiger partial charge is 0.476 e. The van der Waals surface area contributed by atoms with E-state index in [1.54, 1.807) is 11.3 Å². The topological polar surface area (TPSA) is 50.2 Å². The van der Waals surface area contributed by atoms with E-state index < -0.39 is 5.97 Å². The number of thiazole rings is 1. The Labute approximate surface area is 94.0 Å². The third-order valence-corrected chi connectivity index (χ3v) is 4.54. The summed E-state index contributed by atoms with van der Waals surface area (Å²) in [6.45, 7) is 0. The molecule has 0 unspecified atom stereocenters. The highest BCUT2D eigenvalue weighted by atomic mass is 32.1. The maximum Gasteiger partial charge on any atom is 0.365 e. The number of carboxylic acids is 1. The molecule has 1 aliphatic carbocycles. The summed E-state index contributed by atoms with van der Waals surface area (Å²) in [5.41, 5.74) is 2.02. The summed E-state index contributed by atoms with van der Waals surface area (Å²) in [6, 6.07) is 2.03. The molecular formula is C10H7NO2S2. The first-order valence-electron chi connectivity index (χ1n) is 4.55. The van der Waals surface area contributed by atoms with Gasteiger partial charge < -0.3 is 5.11 Å². The lowest BCUT2D eigenvalue weighted by Gasteiger charge is -2.09. The van der Waals surface area contributed by atoms with Crippen molar-refractivity contribution < 1.29 is 9.90 Å². The molecule has 76 valence electrons. The van der Waals surface area contributed by atoms with Crippen LogP contribution in [0.1, 0.15) is 19.6 Å². The number of rotatable bonds is 1. The second kappa shape index (κ2) is 3.15. The smallest absolute Gasteiger partial charge is 0.365 e. The molecule has 3 rings (SSSR count). The molecule has 0 saturated carbocycles. The first-order chi connectivity index (χ1) is 7.25. The van der Waals surface area contributed by atoms with Crippen LogP contribution in [0.25, 0.3) is 11.3 Å². The Kier molecular flexibility index (Phi) is 1.90. The average molecular weight is 237 g/mol. The van der Waals surface area contributed by atoms with Crippen LogP contribution in [0.15, 0.2) is 11.4 Å². The van der Waals surface area contributed by atoms with E-state index in [0.29, 0.717) is 0 Å². The summed E-state index contributed by atoms with van der Waals surface area (Å²) in [5.74, 6) is -0.925. The van der Waals surface area contributed by atoms with Gasteiger partial charge in [0.05, 0.1) is 5.69 Å². The van der Waals surface area contributed by atoms with E-state index in [-0.39, 0.29) is 5.01 Å². The molecule has 0 atom stereocenters. The molecule has 0 fully saturated rings. The van der Waals surface area contributed by atoms with Crippen LogP contribution in [0, 0.1) is 0 Å². The summed E-state index contributed by atoms with van der Waals surface area (Å²) in [6.07, 6.45) is 1.94. The summed E-state index contributed by atoms with van der Waals surface area (Å²) in [5, 5.41) is 11.1. The summed E-state index contributed by atoms with van der Waals surface area (Å²) < 4.78 is 0. The Morgan fingerprint density at radius 1 is 1.40 bits per heavy atom. The second-order valence-corrected chi connectivity index (χ2v) is 5.44. The molecule has 0 spiro atoms. The van der Waals surface area contributed by atoms with Gasteiger partial charge in [0.1, 0.15) is 0 Å². The number of aromatic nitrogens is 1. The zero-order chi connectivity index (χ0) is 10.4. The van der Waals surface area contributed by atoms with Crippen molar-refractivity contribution >= 4 is 28.6 Å². The molecule has 0 saturated heterocycles.